The summed E-state index contributed by atoms with van der Waals surface area (Å²) in [5.74, 6) is 0. The smallest absolute Gasteiger partial charge is 0.410 e. The largest absolute Gasteiger partial charge is 0.450 e. The van der Waals surface area contributed by atoms with Crippen molar-refractivity contribution in [3.05, 3.63) is 29.3 Å². The maximum atomic E-state index is 12.3. The van der Waals surface area contributed by atoms with Crippen molar-refractivity contribution in [2.75, 3.05) is 31.6 Å². The van der Waals surface area contributed by atoms with Gasteiger partial charge in [0.15, 0.2) is 0 Å². The summed E-state index contributed by atoms with van der Waals surface area (Å²) in [4.78, 5) is 17.1. The van der Waals surface area contributed by atoms with E-state index in [2.05, 4.69) is 40.2 Å². The van der Waals surface area contributed by atoms with Gasteiger partial charge in [0, 0.05) is 37.2 Å². The molecule has 0 saturated carbocycles. The predicted octanol–water partition coefficient (Wildman–Crippen LogP) is 4.15. The number of ether oxygens (including phenoxy) is 1. The van der Waals surface area contributed by atoms with Crippen molar-refractivity contribution in [3.8, 4) is 0 Å². The number of rotatable bonds is 2. The molecule has 2 atom stereocenters. The van der Waals surface area contributed by atoms with Gasteiger partial charge in [-0.3, -0.25) is 0 Å². The first kappa shape index (κ1) is 18.3. The molecule has 0 aromatic heterocycles. The number of piperidine rings is 2. The lowest BCUT2D eigenvalue weighted by Crippen LogP contribution is -2.55. The first-order valence-electron chi connectivity index (χ1n) is 11.1. The Hall–Kier alpha value is -1.75. The van der Waals surface area contributed by atoms with E-state index in [0.717, 1.165) is 32.2 Å². The van der Waals surface area contributed by atoms with Gasteiger partial charge in [-0.25, -0.2) is 4.79 Å². The fourth-order valence-electron chi connectivity index (χ4n) is 6.32. The Morgan fingerprint density at radius 2 is 1.93 bits per heavy atom. The molecule has 4 aliphatic heterocycles. The molecule has 3 fully saturated rings. The molecule has 1 N–H and O–H groups in total. The number of fused-ring (bicyclic) bond motifs is 4. The van der Waals surface area contributed by atoms with E-state index in [-0.39, 0.29) is 7.52 Å². The van der Waals surface area contributed by atoms with Gasteiger partial charge in [-0.05, 0) is 77.1 Å². The zero-order valence-corrected chi connectivity index (χ0v) is 17.2. The second-order valence-electron chi connectivity index (χ2n) is 9.34. The zero-order valence-electron chi connectivity index (χ0n) is 17.2. The van der Waals surface area contributed by atoms with Gasteiger partial charge in [0.1, 0.15) is 0 Å². The van der Waals surface area contributed by atoms with E-state index in [0.29, 0.717) is 30.1 Å². The second-order valence-corrected chi connectivity index (χ2v) is 9.34. The van der Waals surface area contributed by atoms with E-state index >= 15 is 0 Å². The first-order valence-corrected chi connectivity index (χ1v) is 11.1. The Labute approximate surface area is 169 Å². The van der Waals surface area contributed by atoms with Crippen molar-refractivity contribution < 1.29 is 11.0 Å². The number of benzene rings is 1. The van der Waals surface area contributed by atoms with Gasteiger partial charge in [-0.15, -0.1) is 0 Å². The predicted molar refractivity (Wildman–Crippen MR) is 113 cm³/mol. The van der Waals surface area contributed by atoms with Crippen LogP contribution in [0.4, 0.5) is 10.5 Å². The van der Waals surface area contributed by atoms with Gasteiger partial charge in [-0.1, -0.05) is 17.7 Å². The number of aryl methyl sites for hydroxylation is 1. The third-order valence-corrected chi connectivity index (χ3v) is 7.82. The Morgan fingerprint density at radius 1 is 1.21 bits per heavy atom. The molecule has 0 aliphatic carbocycles. The van der Waals surface area contributed by atoms with E-state index in [1.54, 1.807) is 5.56 Å². The maximum Gasteiger partial charge on any atom is 0.410 e. The van der Waals surface area contributed by atoms with Crippen LogP contribution in [0.15, 0.2) is 18.2 Å². The van der Waals surface area contributed by atoms with Crippen LogP contribution in [0.25, 0.3) is 0 Å². The average molecular weight is 386 g/mol. The molecule has 1 amide bonds. The lowest BCUT2D eigenvalue weighted by molar-refractivity contribution is 0.0285. The number of likely N-dealkylation sites (tertiary alicyclic amines) is 1. The molecule has 5 nitrogen and oxygen atoms in total. The minimum absolute atomic E-state index is 0. The van der Waals surface area contributed by atoms with Crippen molar-refractivity contribution >= 4 is 11.8 Å². The van der Waals surface area contributed by atoms with E-state index in [1.165, 1.54) is 37.2 Å². The second kappa shape index (κ2) is 6.94. The highest BCUT2D eigenvalue weighted by molar-refractivity contribution is 5.69. The Kier molecular flexibility index (Phi) is 4.53. The van der Waals surface area contributed by atoms with Gasteiger partial charge in [0.05, 0.1) is 6.61 Å². The molecule has 28 heavy (non-hydrogen) atoms. The van der Waals surface area contributed by atoms with Crippen molar-refractivity contribution in [1.82, 2.24) is 9.80 Å². The summed E-state index contributed by atoms with van der Waals surface area (Å²) in [5.41, 5.74) is 4.58. The number of nitrogens with one attached hydrogen (secondary N) is 1. The van der Waals surface area contributed by atoms with Gasteiger partial charge in [0.25, 0.3) is 0 Å². The SMILES string of the molecule is CCOC(=O)N1C2CCC1CC(N1CCC3(CC1)CNc1ccc(C)cc13)C2.[HH]. The molecular formula is C23H35N3O2. The molecule has 1 aromatic rings. The van der Waals surface area contributed by atoms with Gasteiger partial charge in [0.2, 0.25) is 0 Å². The minimum Gasteiger partial charge on any atom is -0.450 e. The topological polar surface area (TPSA) is 44.8 Å². The number of amides is 1. The quantitative estimate of drug-likeness (QED) is 0.831. The average Bonchev–Trinajstić information content (AvgIpc) is 3.17. The number of carbonyl (C=O) groups is 1. The van der Waals surface area contributed by atoms with E-state index < -0.39 is 0 Å². The van der Waals surface area contributed by atoms with Crippen LogP contribution in [-0.2, 0) is 10.2 Å². The summed E-state index contributed by atoms with van der Waals surface area (Å²) in [6, 6.07) is 8.28. The third kappa shape index (κ3) is 2.90. The van der Waals surface area contributed by atoms with Crippen LogP contribution in [-0.4, -0.2) is 60.3 Å². The van der Waals surface area contributed by atoms with Crippen LogP contribution < -0.4 is 5.32 Å². The highest BCUT2D eigenvalue weighted by atomic mass is 16.6. The molecule has 1 aromatic carbocycles. The monoisotopic (exact) mass is 385 g/mol. The van der Waals surface area contributed by atoms with Crippen molar-refractivity contribution in [2.45, 2.75) is 75.9 Å². The van der Waals surface area contributed by atoms with Crippen LogP contribution in [0.3, 0.4) is 0 Å². The summed E-state index contributed by atoms with van der Waals surface area (Å²) >= 11 is 0. The standard InChI is InChI=1S/C23H33N3O2.H2/c1-3-28-22(27)26-17-5-6-18(26)14-19(13-17)25-10-8-23(9-11-25)15-24-21-7-4-16(2)12-20(21)23;/h4,7,12,17-19,24H,3,5-6,8-11,13-15H2,1-2H3;1H. The number of hydrogen-bond donors (Lipinski definition) is 1. The molecule has 3 saturated heterocycles. The zero-order chi connectivity index (χ0) is 19.3. The van der Waals surface area contributed by atoms with Gasteiger partial charge >= 0.3 is 6.09 Å². The highest BCUT2D eigenvalue weighted by Crippen LogP contribution is 2.46. The number of nitrogens with zero attached hydrogens (tertiary/aromatic N) is 2. The van der Waals surface area contributed by atoms with Gasteiger partial charge < -0.3 is 19.9 Å². The van der Waals surface area contributed by atoms with Crippen molar-refractivity contribution in [2.24, 2.45) is 0 Å². The Bertz CT molecular complexity index is 748. The molecule has 5 rings (SSSR count). The fraction of sp³-hybridized carbons (Fsp3) is 0.696. The van der Waals surface area contributed by atoms with Crippen molar-refractivity contribution in [3.63, 3.8) is 0 Å². The lowest BCUT2D eigenvalue weighted by Gasteiger charge is -2.47. The van der Waals surface area contributed by atoms with Crippen LogP contribution in [0.5, 0.6) is 0 Å². The normalized spacial score (nSPS) is 30.9. The summed E-state index contributed by atoms with van der Waals surface area (Å²) in [7, 11) is 0. The van der Waals surface area contributed by atoms with Gasteiger partial charge in [-0.2, -0.15) is 0 Å². The van der Waals surface area contributed by atoms with E-state index in [9.17, 15) is 4.79 Å². The van der Waals surface area contributed by atoms with Crippen LogP contribution in [0.1, 0.15) is 58.0 Å². The molecule has 4 heterocycles. The number of hydrogen-bond acceptors (Lipinski definition) is 4. The Morgan fingerprint density at radius 3 is 2.61 bits per heavy atom. The first-order chi connectivity index (χ1) is 13.6. The maximum absolute atomic E-state index is 12.3. The summed E-state index contributed by atoms with van der Waals surface area (Å²) in [6.45, 7) is 8.02. The molecule has 2 bridgehead atoms. The molecule has 4 aliphatic rings. The van der Waals surface area contributed by atoms with Crippen LogP contribution in [0, 0.1) is 6.92 Å². The molecule has 2 unspecified atom stereocenters. The number of anilines is 1. The summed E-state index contributed by atoms with van der Waals surface area (Å²) < 4.78 is 5.32. The van der Waals surface area contributed by atoms with Crippen LogP contribution >= 0.6 is 0 Å². The van der Waals surface area contributed by atoms with Crippen LogP contribution in [0.2, 0.25) is 0 Å². The molecule has 5 heteroatoms. The fourth-order valence-corrected chi connectivity index (χ4v) is 6.32. The third-order valence-electron chi connectivity index (χ3n) is 7.82. The molecule has 1 spiro atoms. The van der Waals surface area contributed by atoms with E-state index in [4.69, 9.17) is 4.74 Å². The summed E-state index contributed by atoms with van der Waals surface area (Å²) in [5, 5.41) is 3.66. The van der Waals surface area contributed by atoms with E-state index in [1.807, 2.05) is 6.92 Å². The molecule has 154 valence electrons. The number of carbonyl (C=O) groups excluding carboxylic acids is 1. The minimum atomic E-state index is -0.0879. The molecular weight excluding hydrogens is 350 g/mol. The highest BCUT2D eigenvalue weighted by Gasteiger charge is 2.48. The molecule has 0 radical (unpaired) electrons. The lowest BCUT2D eigenvalue weighted by atomic mass is 9.73. The summed E-state index contributed by atoms with van der Waals surface area (Å²) in [6.07, 6.45) is 6.93. The Balaban J connectivity index is 0.00000205. The van der Waals surface area contributed by atoms with Crippen molar-refractivity contribution in [1.29, 1.82) is 0 Å².